The summed E-state index contributed by atoms with van der Waals surface area (Å²) in [5, 5.41) is 5.04. The van der Waals surface area contributed by atoms with E-state index in [2.05, 4.69) is 19.9 Å². The van der Waals surface area contributed by atoms with Crippen LogP contribution in [-0.4, -0.2) is 53.8 Å². The van der Waals surface area contributed by atoms with Gasteiger partial charge in [-0.25, -0.2) is 4.79 Å². The van der Waals surface area contributed by atoms with Gasteiger partial charge in [-0.3, -0.25) is 9.88 Å². The lowest BCUT2D eigenvalue weighted by Gasteiger charge is -2.37. The van der Waals surface area contributed by atoms with E-state index in [0.29, 0.717) is 12.2 Å². The molecular weight excluding hydrogens is 368 g/mol. The molecule has 1 aliphatic rings. The number of carbonyl (C=O) groups is 1. The van der Waals surface area contributed by atoms with Crippen molar-refractivity contribution in [1.82, 2.24) is 15.0 Å². The molecule has 7 heteroatoms. The van der Waals surface area contributed by atoms with Crippen molar-refractivity contribution in [2.24, 2.45) is 0 Å². The summed E-state index contributed by atoms with van der Waals surface area (Å²) in [6.07, 6.45) is 1.64. The molecule has 0 radical (unpaired) electrons. The molecule has 0 bridgehead atoms. The maximum atomic E-state index is 12.6. The fourth-order valence-corrected chi connectivity index (χ4v) is 3.91. The number of fused-ring (bicyclic) bond motifs is 1. The average molecular weight is 394 g/mol. The van der Waals surface area contributed by atoms with Crippen molar-refractivity contribution in [3.05, 3.63) is 53.0 Å². The Balaban J connectivity index is 1.59. The third kappa shape index (κ3) is 3.82. The van der Waals surface area contributed by atoms with E-state index in [1.807, 2.05) is 45.0 Å². The summed E-state index contributed by atoms with van der Waals surface area (Å²) in [6.45, 7) is 10.4. The quantitative estimate of drug-likeness (QED) is 0.615. The number of benzene rings is 1. The molecule has 0 amide bonds. The molecule has 0 unspecified atom stereocenters. The first-order valence-electron chi connectivity index (χ1n) is 10.0. The number of piperazine rings is 1. The Bertz CT molecular complexity index is 1000. The molecule has 29 heavy (non-hydrogen) atoms. The monoisotopic (exact) mass is 394 g/mol. The SMILES string of the molecule is CCOC(=O)c1cnc2ccccc2c1N1CCN(Cc2c(C)noc2C)CC1. The van der Waals surface area contributed by atoms with Gasteiger partial charge in [0, 0.05) is 49.9 Å². The molecule has 3 aromatic rings. The molecule has 0 spiro atoms. The van der Waals surface area contributed by atoms with Crippen molar-refractivity contribution in [3.8, 4) is 0 Å². The van der Waals surface area contributed by atoms with Gasteiger partial charge < -0.3 is 14.2 Å². The van der Waals surface area contributed by atoms with E-state index in [1.54, 1.807) is 6.20 Å². The van der Waals surface area contributed by atoms with Gasteiger partial charge in [-0.05, 0) is 26.8 Å². The topological polar surface area (TPSA) is 71.7 Å². The van der Waals surface area contributed by atoms with Crippen LogP contribution in [0.5, 0.6) is 0 Å². The largest absolute Gasteiger partial charge is 0.462 e. The van der Waals surface area contributed by atoms with E-state index in [9.17, 15) is 4.79 Å². The predicted octanol–water partition coefficient (Wildman–Crippen LogP) is 3.34. The third-order valence-electron chi connectivity index (χ3n) is 5.49. The Morgan fingerprint density at radius 1 is 1.17 bits per heavy atom. The predicted molar refractivity (Wildman–Crippen MR) is 111 cm³/mol. The highest BCUT2D eigenvalue weighted by Crippen LogP contribution is 2.31. The number of nitrogens with zero attached hydrogens (tertiary/aromatic N) is 4. The number of carbonyl (C=O) groups excluding carboxylic acids is 1. The van der Waals surface area contributed by atoms with Crippen LogP contribution in [0.15, 0.2) is 35.0 Å². The molecule has 0 atom stereocenters. The number of aryl methyl sites for hydroxylation is 2. The zero-order valence-corrected chi connectivity index (χ0v) is 17.1. The summed E-state index contributed by atoms with van der Waals surface area (Å²) in [6, 6.07) is 7.94. The van der Waals surface area contributed by atoms with Gasteiger partial charge in [0.1, 0.15) is 11.3 Å². The van der Waals surface area contributed by atoms with Crippen molar-refractivity contribution < 1.29 is 14.1 Å². The summed E-state index contributed by atoms with van der Waals surface area (Å²) in [5.74, 6) is 0.563. The Morgan fingerprint density at radius 3 is 2.62 bits per heavy atom. The maximum absolute atomic E-state index is 12.6. The van der Waals surface area contributed by atoms with Gasteiger partial charge in [-0.2, -0.15) is 0 Å². The highest BCUT2D eigenvalue weighted by molar-refractivity contribution is 6.05. The summed E-state index contributed by atoms with van der Waals surface area (Å²) < 4.78 is 10.6. The van der Waals surface area contributed by atoms with E-state index in [4.69, 9.17) is 9.26 Å². The first-order chi connectivity index (χ1) is 14.1. The molecule has 1 saturated heterocycles. The van der Waals surface area contributed by atoms with Crippen molar-refractivity contribution >= 4 is 22.6 Å². The van der Waals surface area contributed by atoms with Gasteiger partial charge in [-0.15, -0.1) is 0 Å². The second-order valence-corrected chi connectivity index (χ2v) is 7.32. The van der Waals surface area contributed by atoms with E-state index in [0.717, 1.165) is 60.8 Å². The molecule has 1 fully saturated rings. The van der Waals surface area contributed by atoms with E-state index >= 15 is 0 Å². The summed E-state index contributed by atoms with van der Waals surface area (Å²) in [7, 11) is 0. The molecule has 7 nitrogen and oxygen atoms in total. The van der Waals surface area contributed by atoms with Gasteiger partial charge in [-0.1, -0.05) is 23.4 Å². The smallest absolute Gasteiger partial charge is 0.341 e. The molecule has 152 valence electrons. The zero-order chi connectivity index (χ0) is 20.4. The van der Waals surface area contributed by atoms with E-state index < -0.39 is 0 Å². The first-order valence-corrected chi connectivity index (χ1v) is 10.0. The molecule has 2 aromatic heterocycles. The van der Waals surface area contributed by atoms with Gasteiger partial charge in [0.15, 0.2) is 0 Å². The standard InChI is InChI=1S/C22H26N4O3/c1-4-28-22(27)18-13-23-20-8-6-5-7-17(20)21(18)26-11-9-25(10-12-26)14-19-15(2)24-29-16(19)3/h5-8,13H,4,9-12,14H2,1-3H3. The van der Waals surface area contributed by atoms with Gasteiger partial charge in [0.05, 0.1) is 23.5 Å². The molecule has 0 saturated carbocycles. The van der Waals surface area contributed by atoms with Gasteiger partial charge >= 0.3 is 5.97 Å². The van der Waals surface area contributed by atoms with Gasteiger partial charge in [0.25, 0.3) is 0 Å². The van der Waals surface area contributed by atoms with E-state index in [-0.39, 0.29) is 5.97 Å². The number of anilines is 1. The van der Waals surface area contributed by atoms with Crippen LogP contribution < -0.4 is 4.90 Å². The molecule has 0 N–H and O–H groups in total. The number of para-hydroxylation sites is 1. The number of hydrogen-bond acceptors (Lipinski definition) is 7. The number of hydrogen-bond donors (Lipinski definition) is 0. The lowest BCUT2D eigenvalue weighted by atomic mass is 10.1. The Labute approximate surface area is 170 Å². The summed E-state index contributed by atoms with van der Waals surface area (Å²) in [5.41, 5.74) is 4.46. The fourth-order valence-electron chi connectivity index (χ4n) is 3.91. The van der Waals surface area contributed by atoms with Crippen LogP contribution in [0.2, 0.25) is 0 Å². The minimum Gasteiger partial charge on any atom is -0.462 e. The van der Waals surface area contributed by atoms with Crippen molar-refractivity contribution in [2.75, 3.05) is 37.7 Å². The second kappa shape index (κ2) is 8.21. The number of rotatable bonds is 5. The summed E-state index contributed by atoms with van der Waals surface area (Å²) >= 11 is 0. The van der Waals surface area contributed by atoms with Crippen LogP contribution in [0.1, 0.15) is 34.3 Å². The molecular formula is C22H26N4O3. The molecule has 0 aliphatic carbocycles. The van der Waals surface area contributed by atoms with Crippen LogP contribution in [0.3, 0.4) is 0 Å². The van der Waals surface area contributed by atoms with E-state index in [1.165, 1.54) is 5.56 Å². The van der Waals surface area contributed by atoms with Crippen molar-refractivity contribution in [3.63, 3.8) is 0 Å². The van der Waals surface area contributed by atoms with Crippen molar-refractivity contribution in [2.45, 2.75) is 27.3 Å². The molecule has 1 aromatic carbocycles. The highest BCUT2D eigenvalue weighted by Gasteiger charge is 2.25. The van der Waals surface area contributed by atoms with Crippen LogP contribution in [0, 0.1) is 13.8 Å². The van der Waals surface area contributed by atoms with Crippen LogP contribution >= 0.6 is 0 Å². The minimum absolute atomic E-state index is 0.320. The lowest BCUT2D eigenvalue weighted by molar-refractivity contribution is 0.0526. The van der Waals surface area contributed by atoms with Crippen LogP contribution in [0.25, 0.3) is 10.9 Å². The normalized spacial score (nSPS) is 15.1. The minimum atomic E-state index is -0.320. The zero-order valence-electron chi connectivity index (χ0n) is 17.1. The third-order valence-corrected chi connectivity index (χ3v) is 5.49. The Kier molecular flexibility index (Phi) is 5.49. The van der Waals surface area contributed by atoms with Gasteiger partial charge in [0.2, 0.25) is 0 Å². The molecule has 4 rings (SSSR count). The fraction of sp³-hybridized carbons (Fsp3) is 0.409. The summed E-state index contributed by atoms with van der Waals surface area (Å²) in [4.78, 5) is 21.7. The molecule has 3 heterocycles. The number of pyridine rings is 1. The Hall–Kier alpha value is -2.93. The number of ether oxygens (including phenoxy) is 1. The number of esters is 1. The Morgan fingerprint density at radius 2 is 1.93 bits per heavy atom. The lowest BCUT2D eigenvalue weighted by Crippen LogP contribution is -2.46. The van der Waals surface area contributed by atoms with Crippen LogP contribution in [0.4, 0.5) is 5.69 Å². The number of aromatic nitrogens is 2. The highest BCUT2D eigenvalue weighted by atomic mass is 16.5. The molecule has 1 aliphatic heterocycles. The maximum Gasteiger partial charge on any atom is 0.341 e. The average Bonchev–Trinajstić information content (AvgIpc) is 3.06. The van der Waals surface area contributed by atoms with Crippen LogP contribution in [-0.2, 0) is 11.3 Å². The first kappa shape index (κ1) is 19.4. The van der Waals surface area contributed by atoms with Crippen molar-refractivity contribution in [1.29, 1.82) is 0 Å². The second-order valence-electron chi connectivity index (χ2n) is 7.32.